The SMILES string of the molecule is Cc1ccccc1C(=O)Nc1cccc(SCC(=O)Nc2nc(-c3ccccc3)c(C)s2)c1. The summed E-state index contributed by atoms with van der Waals surface area (Å²) in [5.74, 6) is -0.0295. The topological polar surface area (TPSA) is 71.1 Å². The van der Waals surface area contributed by atoms with E-state index in [4.69, 9.17) is 0 Å². The number of nitrogens with one attached hydrogen (secondary N) is 2. The summed E-state index contributed by atoms with van der Waals surface area (Å²) in [6, 6.07) is 24.9. The van der Waals surface area contributed by atoms with E-state index >= 15 is 0 Å². The molecule has 7 heteroatoms. The van der Waals surface area contributed by atoms with Crippen LogP contribution in [-0.2, 0) is 4.79 Å². The van der Waals surface area contributed by atoms with Crippen molar-refractivity contribution in [3.8, 4) is 11.3 Å². The Bertz CT molecular complexity index is 1290. The van der Waals surface area contributed by atoms with Crippen LogP contribution >= 0.6 is 23.1 Å². The monoisotopic (exact) mass is 473 g/mol. The first-order chi connectivity index (χ1) is 16.0. The number of carbonyl (C=O) groups excluding carboxylic acids is 2. The van der Waals surface area contributed by atoms with Gasteiger partial charge >= 0.3 is 0 Å². The van der Waals surface area contributed by atoms with Gasteiger partial charge in [-0.1, -0.05) is 54.6 Å². The number of carbonyl (C=O) groups is 2. The van der Waals surface area contributed by atoms with Gasteiger partial charge in [0.15, 0.2) is 5.13 Å². The van der Waals surface area contributed by atoms with Crippen molar-refractivity contribution in [2.45, 2.75) is 18.7 Å². The van der Waals surface area contributed by atoms with Gasteiger partial charge < -0.3 is 10.6 Å². The van der Waals surface area contributed by atoms with Crippen LogP contribution in [0.2, 0.25) is 0 Å². The fourth-order valence-electron chi connectivity index (χ4n) is 3.31. The van der Waals surface area contributed by atoms with Crippen molar-refractivity contribution in [2.75, 3.05) is 16.4 Å². The van der Waals surface area contributed by atoms with E-state index in [-0.39, 0.29) is 17.6 Å². The summed E-state index contributed by atoms with van der Waals surface area (Å²) in [6.07, 6.45) is 0. The first-order valence-electron chi connectivity index (χ1n) is 10.4. The fourth-order valence-corrected chi connectivity index (χ4v) is 4.91. The predicted octanol–water partition coefficient (Wildman–Crippen LogP) is 6.41. The molecule has 0 unspecified atom stereocenters. The van der Waals surface area contributed by atoms with Crippen molar-refractivity contribution in [3.63, 3.8) is 0 Å². The van der Waals surface area contributed by atoms with E-state index in [0.29, 0.717) is 16.4 Å². The van der Waals surface area contributed by atoms with Crippen molar-refractivity contribution in [2.24, 2.45) is 0 Å². The molecule has 2 N–H and O–H groups in total. The molecule has 33 heavy (non-hydrogen) atoms. The maximum Gasteiger partial charge on any atom is 0.255 e. The summed E-state index contributed by atoms with van der Waals surface area (Å²) < 4.78 is 0. The average molecular weight is 474 g/mol. The number of anilines is 2. The van der Waals surface area contributed by atoms with Crippen LogP contribution in [0.5, 0.6) is 0 Å². The number of nitrogens with zero attached hydrogens (tertiary/aromatic N) is 1. The summed E-state index contributed by atoms with van der Waals surface area (Å²) in [7, 11) is 0. The van der Waals surface area contributed by atoms with E-state index in [2.05, 4.69) is 15.6 Å². The quantitative estimate of drug-likeness (QED) is 0.304. The highest BCUT2D eigenvalue weighted by molar-refractivity contribution is 8.00. The Hall–Kier alpha value is -3.42. The van der Waals surface area contributed by atoms with Crippen LogP contribution < -0.4 is 10.6 Å². The highest BCUT2D eigenvalue weighted by atomic mass is 32.2. The molecule has 4 rings (SSSR count). The molecular formula is C26H23N3O2S2. The summed E-state index contributed by atoms with van der Waals surface area (Å²) in [6.45, 7) is 3.91. The molecule has 0 spiro atoms. The molecule has 5 nitrogen and oxygen atoms in total. The van der Waals surface area contributed by atoms with E-state index in [1.165, 1.54) is 23.1 Å². The van der Waals surface area contributed by atoms with Crippen LogP contribution in [0.1, 0.15) is 20.8 Å². The third-order valence-electron chi connectivity index (χ3n) is 4.94. The van der Waals surface area contributed by atoms with Crippen LogP contribution in [0.15, 0.2) is 83.8 Å². The van der Waals surface area contributed by atoms with Crippen LogP contribution in [0.3, 0.4) is 0 Å². The summed E-state index contributed by atoms with van der Waals surface area (Å²) >= 11 is 2.88. The van der Waals surface area contributed by atoms with Crippen molar-refractivity contribution in [3.05, 3.63) is 94.9 Å². The molecule has 1 aromatic heterocycles. The minimum absolute atomic E-state index is 0.122. The van der Waals surface area contributed by atoms with Gasteiger partial charge in [-0.25, -0.2) is 4.98 Å². The number of rotatable bonds is 7. The molecule has 166 valence electrons. The summed E-state index contributed by atoms with van der Waals surface area (Å²) in [4.78, 5) is 31.6. The number of thioether (sulfide) groups is 1. The highest BCUT2D eigenvalue weighted by Gasteiger charge is 2.13. The Labute approximate surface area is 201 Å². The van der Waals surface area contributed by atoms with Crippen LogP contribution in [-0.4, -0.2) is 22.6 Å². The van der Waals surface area contributed by atoms with E-state index < -0.39 is 0 Å². The van der Waals surface area contributed by atoms with Gasteiger partial charge in [0, 0.05) is 26.6 Å². The van der Waals surface area contributed by atoms with Gasteiger partial charge in [-0.3, -0.25) is 9.59 Å². The molecule has 0 aliphatic heterocycles. The van der Waals surface area contributed by atoms with Gasteiger partial charge in [0.05, 0.1) is 11.4 Å². The van der Waals surface area contributed by atoms with Crippen molar-refractivity contribution in [1.29, 1.82) is 0 Å². The van der Waals surface area contributed by atoms with E-state index in [1.54, 1.807) is 6.07 Å². The lowest BCUT2D eigenvalue weighted by Gasteiger charge is -2.09. The Kier molecular flexibility index (Phi) is 7.22. The first kappa shape index (κ1) is 22.8. The van der Waals surface area contributed by atoms with Crippen molar-refractivity contribution in [1.82, 2.24) is 4.98 Å². The highest BCUT2D eigenvalue weighted by Crippen LogP contribution is 2.30. The summed E-state index contributed by atoms with van der Waals surface area (Å²) in [5.41, 5.74) is 4.18. The lowest BCUT2D eigenvalue weighted by atomic mass is 10.1. The molecule has 0 saturated heterocycles. The number of aryl methyl sites for hydroxylation is 2. The van der Waals surface area contributed by atoms with E-state index in [0.717, 1.165) is 26.6 Å². The van der Waals surface area contributed by atoms with Gasteiger partial charge in [0.2, 0.25) is 5.91 Å². The molecule has 0 bridgehead atoms. The second-order valence-electron chi connectivity index (χ2n) is 7.42. The van der Waals surface area contributed by atoms with Gasteiger partial charge in [-0.15, -0.1) is 23.1 Å². The van der Waals surface area contributed by atoms with Crippen LogP contribution in [0.4, 0.5) is 10.8 Å². The number of thiazole rings is 1. The van der Waals surface area contributed by atoms with Gasteiger partial charge in [0.25, 0.3) is 5.91 Å². The summed E-state index contributed by atoms with van der Waals surface area (Å²) in [5, 5.41) is 6.42. The first-order valence-corrected chi connectivity index (χ1v) is 12.2. The Morgan fingerprint density at radius 3 is 2.45 bits per heavy atom. The van der Waals surface area contributed by atoms with Crippen LogP contribution in [0, 0.1) is 13.8 Å². The molecular weight excluding hydrogens is 450 g/mol. The molecule has 3 aromatic carbocycles. The molecule has 0 radical (unpaired) electrons. The molecule has 0 fully saturated rings. The Morgan fingerprint density at radius 2 is 1.67 bits per heavy atom. The standard InChI is InChI=1S/C26H23N3O2S2/c1-17-9-6-7-14-22(17)25(31)27-20-12-8-13-21(15-20)32-16-23(30)28-26-29-24(18(2)33-26)19-10-4-3-5-11-19/h3-15H,16H2,1-2H3,(H,27,31)(H,28,29,30). The van der Waals surface area contributed by atoms with Crippen LogP contribution in [0.25, 0.3) is 11.3 Å². The van der Waals surface area contributed by atoms with Crippen molar-refractivity contribution < 1.29 is 9.59 Å². The number of benzene rings is 3. The number of amides is 2. The molecule has 2 amide bonds. The zero-order valence-electron chi connectivity index (χ0n) is 18.3. The lowest BCUT2D eigenvalue weighted by Crippen LogP contribution is -2.14. The third kappa shape index (κ3) is 5.88. The second-order valence-corrected chi connectivity index (χ2v) is 9.68. The minimum Gasteiger partial charge on any atom is -0.322 e. The van der Waals surface area contributed by atoms with E-state index in [1.807, 2.05) is 86.6 Å². The molecule has 0 aliphatic rings. The maximum absolute atomic E-state index is 12.6. The number of aromatic nitrogens is 1. The molecule has 0 atom stereocenters. The van der Waals surface area contributed by atoms with E-state index in [9.17, 15) is 9.59 Å². The maximum atomic E-state index is 12.6. The molecule has 4 aromatic rings. The zero-order valence-corrected chi connectivity index (χ0v) is 19.9. The van der Waals surface area contributed by atoms with Gasteiger partial charge in [-0.05, 0) is 43.7 Å². The predicted molar refractivity (Wildman–Crippen MR) is 137 cm³/mol. The largest absolute Gasteiger partial charge is 0.322 e. The lowest BCUT2D eigenvalue weighted by molar-refractivity contribution is -0.113. The fraction of sp³-hybridized carbons (Fsp3) is 0.115. The normalized spacial score (nSPS) is 10.6. The average Bonchev–Trinajstić information content (AvgIpc) is 3.18. The Morgan fingerprint density at radius 1 is 0.909 bits per heavy atom. The molecule has 0 saturated carbocycles. The Balaban J connectivity index is 1.35. The minimum atomic E-state index is -0.152. The third-order valence-corrected chi connectivity index (χ3v) is 6.82. The number of hydrogen-bond acceptors (Lipinski definition) is 5. The molecule has 1 heterocycles. The van der Waals surface area contributed by atoms with Crippen molar-refractivity contribution >= 4 is 45.7 Å². The molecule has 0 aliphatic carbocycles. The van der Waals surface area contributed by atoms with Gasteiger partial charge in [-0.2, -0.15) is 0 Å². The number of hydrogen-bond donors (Lipinski definition) is 2. The smallest absolute Gasteiger partial charge is 0.255 e. The second kappa shape index (κ2) is 10.5. The zero-order chi connectivity index (χ0) is 23.2. The van der Waals surface area contributed by atoms with Gasteiger partial charge in [0.1, 0.15) is 0 Å².